The maximum atomic E-state index is 12.8. The Bertz CT molecular complexity index is 476. The van der Waals surface area contributed by atoms with Gasteiger partial charge < -0.3 is 5.11 Å². The Morgan fingerprint density at radius 1 is 1.43 bits per heavy atom. The monoisotopic (exact) mass is 311 g/mol. The zero-order valence-electron chi connectivity index (χ0n) is 12.3. The number of hydrogen-bond acceptors (Lipinski definition) is 3. The van der Waals surface area contributed by atoms with Gasteiger partial charge in [-0.25, -0.2) is 4.39 Å². The fourth-order valence-electron chi connectivity index (χ4n) is 2.38. The molecule has 21 heavy (non-hydrogen) atoms. The number of carbonyl (C=O) groups is 1. The lowest BCUT2D eigenvalue weighted by molar-refractivity contribution is -0.145. The molecular formula is C16H22FNO2S. The highest BCUT2D eigenvalue weighted by Crippen LogP contribution is 2.28. The van der Waals surface area contributed by atoms with E-state index in [9.17, 15) is 14.3 Å². The molecule has 2 rings (SSSR count). The lowest BCUT2D eigenvalue weighted by atomic mass is 9.90. The van der Waals surface area contributed by atoms with E-state index in [0.717, 1.165) is 29.9 Å². The Kier molecular flexibility index (Phi) is 5.65. The van der Waals surface area contributed by atoms with E-state index in [1.165, 1.54) is 12.1 Å². The number of carboxylic acids is 1. The first-order valence-electron chi connectivity index (χ1n) is 7.45. The molecule has 1 aliphatic carbocycles. The fraction of sp³-hybridized carbons (Fsp3) is 0.562. The van der Waals surface area contributed by atoms with Gasteiger partial charge in [0.15, 0.2) is 0 Å². The van der Waals surface area contributed by atoms with Crippen LogP contribution in [0.3, 0.4) is 0 Å². The Hall–Kier alpha value is -1.07. The van der Waals surface area contributed by atoms with Gasteiger partial charge in [-0.3, -0.25) is 10.1 Å². The highest BCUT2D eigenvalue weighted by molar-refractivity contribution is 7.99. The van der Waals surface area contributed by atoms with Crippen molar-refractivity contribution in [3.05, 3.63) is 30.1 Å². The van der Waals surface area contributed by atoms with Crippen LogP contribution in [0.25, 0.3) is 0 Å². The second kappa shape index (κ2) is 7.27. The van der Waals surface area contributed by atoms with Crippen LogP contribution in [0.1, 0.15) is 39.0 Å². The fourth-order valence-corrected chi connectivity index (χ4v) is 3.24. The van der Waals surface area contributed by atoms with E-state index >= 15 is 0 Å². The molecule has 0 aromatic heterocycles. The van der Waals surface area contributed by atoms with Gasteiger partial charge in [-0.15, -0.1) is 11.8 Å². The molecule has 116 valence electrons. The van der Waals surface area contributed by atoms with Crippen LogP contribution in [-0.4, -0.2) is 28.4 Å². The van der Waals surface area contributed by atoms with Crippen molar-refractivity contribution in [2.24, 2.45) is 0 Å². The van der Waals surface area contributed by atoms with Gasteiger partial charge in [-0.1, -0.05) is 6.92 Å². The summed E-state index contributed by atoms with van der Waals surface area (Å²) in [4.78, 5) is 12.6. The quantitative estimate of drug-likeness (QED) is 0.539. The van der Waals surface area contributed by atoms with Crippen LogP contribution in [0.5, 0.6) is 0 Å². The zero-order valence-corrected chi connectivity index (χ0v) is 13.1. The number of hydrogen-bond donors (Lipinski definition) is 2. The molecule has 0 heterocycles. The molecule has 0 aliphatic heterocycles. The first-order valence-corrected chi connectivity index (χ1v) is 8.44. The third kappa shape index (κ3) is 4.71. The summed E-state index contributed by atoms with van der Waals surface area (Å²) in [6.07, 6.45) is 4.21. The average molecular weight is 311 g/mol. The molecule has 1 atom stereocenters. The summed E-state index contributed by atoms with van der Waals surface area (Å²) >= 11 is 1.64. The molecule has 1 aromatic rings. The van der Waals surface area contributed by atoms with Crippen molar-refractivity contribution in [1.29, 1.82) is 0 Å². The van der Waals surface area contributed by atoms with Crippen molar-refractivity contribution < 1.29 is 14.3 Å². The van der Waals surface area contributed by atoms with Crippen molar-refractivity contribution in [3.63, 3.8) is 0 Å². The topological polar surface area (TPSA) is 49.3 Å². The molecule has 1 unspecified atom stereocenters. The van der Waals surface area contributed by atoms with E-state index < -0.39 is 11.5 Å². The second-order valence-electron chi connectivity index (χ2n) is 5.57. The summed E-state index contributed by atoms with van der Waals surface area (Å²) in [5, 5.41) is 12.8. The van der Waals surface area contributed by atoms with Crippen LogP contribution in [-0.2, 0) is 4.79 Å². The van der Waals surface area contributed by atoms with Gasteiger partial charge >= 0.3 is 5.97 Å². The number of rotatable bonds is 9. The smallest absolute Gasteiger partial charge is 0.323 e. The molecule has 3 nitrogen and oxygen atoms in total. The number of aliphatic carboxylic acids is 1. The van der Waals surface area contributed by atoms with Gasteiger partial charge in [0, 0.05) is 10.9 Å². The van der Waals surface area contributed by atoms with Gasteiger partial charge in [0.25, 0.3) is 0 Å². The number of benzene rings is 1. The predicted octanol–water partition coefficient (Wildman–Crippen LogP) is 3.68. The van der Waals surface area contributed by atoms with Crippen molar-refractivity contribution in [2.45, 2.75) is 55.5 Å². The van der Waals surface area contributed by atoms with Gasteiger partial charge in [-0.2, -0.15) is 0 Å². The van der Waals surface area contributed by atoms with Gasteiger partial charge in [-0.05, 0) is 62.1 Å². The van der Waals surface area contributed by atoms with Crippen LogP contribution < -0.4 is 5.32 Å². The Labute approximate surface area is 129 Å². The van der Waals surface area contributed by atoms with E-state index in [0.29, 0.717) is 18.9 Å². The lowest BCUT2D eigenvalue weighted by Crippen LogP contribution is -2.52. The summed E-state index contributed by atoms with van der Waals surface area (Å²) in [6.45, 7) is 1.93. The third-order valence-electron chi connectivity index (χ3n) is 3.90. The minimum atomic E-state index is -0.787. The van der Waals surface area contributed by atoms with Crippen molar-refractivity contribution in [2.75, 3.05) is 5.75 Å². The minimum Gasteiger partial charge on any atom is -0.480 e. The van der Waals surface area contributed by atoms with Crippen LogP contribution in [0.4, 0.5) is 4.39 Å². The molecule has 0 spiro atoms. The molecule has 1 fully saturated rings. The third-order valence-corrected chi connectivity index (χ3v) is 5.00. The number of halogens is 1. The summed E-state index contributed by atoms with van der Waals surface area (Å²) in [6, 6.07) is 6.79. The lowest BCUT2D eigenvalue weighted by Gasteiger charge is -2.29. The minimum absolute atomic E-state index is 0.233. The molecule has 5 heteroatoms. The van der Waals surface area contributed by atoms with Crippen LogP contribution in [0, 0.1) is 5.82 Å². The molecule has 0 bridgehead atoms. The summed E-state index contributed by atoms with van der Waals surface area (Å²) < 4.78 is 12.8. The van der Waals surface area contributed by atoms with E-state index in [1.54, 1.807) is 23.9 Å². The molecule has 2 N–H and O–H groups in total. The maximum Gasteiger partial charge on any atom is 0.323 e. The molecule has 0 radical (unpaired) electrons. The van der Waals surface area contributed by atoms with Gasteiger partial charge in [0.2, 0.25) is 0 Å². The van der Waals surface area contributed by atoms with Gasteiger partial charge in [0.05, 0.1) is 0 Å². The Balaban J connectivity index is 1.81. The summed E-state index contributed by atoms with van der Waals surface area (Å²) in [5.41, 5.74) is -0.787. The zero-order chi connectivity index (χ0) is 15.3. The molecule has 0 saturated heterocycles. The highest BCUT2D eigenvalue weighted by atomic mass is 32.2. The summed E-state index contributed by atoms with van der Waals surface area (Å²) in [5.74, 6) is -0.139. The maximum absolute atomic E-state index is 12.8. The number of carboxylic acid groups (broad SMARTS) is 1. The second-order valence-corrected chi connectivity index (χ2v) is 6.73. The van der Waals surface area contributed by atoms with Gasteiger partial charge in [0.1, 0.15) is 11.4 Å². The van der Waals surface area contributed by atoms with E-state index in [1.807, 2.05) is 6.92 Å². The highest BCUT2D eigenvalue weighted by Gasteiger charge is 2.40. The molecule has 1 aromatic carbocycles. The molecule has 1 aliphatic rings. The first kappa shape index (κ1) is 16.3. The number of nitrogens with one attached hydrogen (secondary N) is 1. The number of thioether (sulfide) groups is 1. The molecular weight excluding hydrogens is 289 g/mol. The van der Waals surface area contributed by atoms with E-state index in [2.05, 4.69) is 5.32 Å². The Morgan fingerprint density at radius 2 is 2.10 bits per heavy atom. The average Bonchev–Trinajstić information content (AvgIpc) is 3.27. The SMILES string of the molecule is CCC(CCCSc1ccc(F)cc1)(NC1CC1)C(=O)O. The Morgan fingerprint density at radius 3 is 2.62 bits per heavy atom. The summed E-state index contributed by atoms with van der Waals surface area (Å²) in [7, 11) is 0. The van der Waals surface area contributed by atoms with Crippen LogP contribution in [0.15, 0.2) is 29.2 Å². The van der Waals surface area contributed by atoms with Crippen LogP contribution >= 0.6 is 11.8 Å². The van der Waals surface area contributed by atoms with E-state index in [4.69, 9.17) is 0 Å². The normalized spacial score (nSPS) is 17.4. The predicted molar refractivity (Wildman–Crippen MR) is 83.2 cm³/mol. The van der Waals surface area contributed by atoms with Crippen LogP contribution in [0.2, 0.25) is 0 Å². The van der Waals surface area contributed by atoms with E-state index in [-0.39, 0.29) is 5.82 Å². The molecule has 1 saturated carbocycles. The van der Waals surface area contributed by atoms with Crippen molar-refractivity contribution in [3.8, 4) is 0 Å². The molecule has 0 amide bonds. The van der Waals surface area contributed by atoms with Crippen molar-refractivity contribution in [1.82, 2.24) is 5.32 Å². The standard InChI is InChI=1S/C16H22FNO2S/c1-2-16(15(19)20,18-13-6-7-13)10-3-11-21-14-8-4-12(17)5-9-14/h4-5,8-9,13,18H,2-3,6-7,10-11H2,1H3,(H,19,20). The largest absolute Gasteiger partial charge is 0.480 e. The first-order chi connectivity index (χ1) is 10.1. The van der Waals surface area contributed by atoms with Crippen molar-refractivity contribution >= 4 is 17.7 Å².